The second-order valence-electron chi connectivity index (χ2n) is 3.12. The molecule has 1 amide bonds. The third kappa shape index (κ3) is 3.25. The quantitative estimate of drug-likeness (QED) is 0.669. The largest absolute Gasteiger partial charge is 0.385 e. The summed E-state index contributed by atoms with van der Waals surface area (Å²) in [6.45, 7) is 3.74. The van der Waals surface area contributed by atoms with Crippen LogP contribution in [0, 0.1) is 0 Å². The number of hydrogen-bond acceptors (Lipinski definition) is 3. The molecule has 0 aliphatic carbocycles. The first-order valence-electron chi connectivity index (χ1n) is 5.10. The molecule has 0 bridgehead atoms. The van der Waals surface area contributed by atoms with Crippen LogP contribution in [-0.2, 0) is 0 Å². The van der Waals surface area contributed by atoms with Gasteiger partial charge in [-0.3, -0.25) is 4.79 Å². The third-order valence-electron chi connectivity index (χ3n) is 1.97. The minimum absolute atomic E-state index is 0.0861. The molecule has 82 valence electrons. The van der Waals surface area contributed by atoms with Gasteiger partial charge in [0.1, 0.15) is 0 Å². The minimum atomic E-state index is -0.0861. The van der Waals surface area contributed by atoms with E-state index in [-0.39, 0.29) is 5.91 Å². The molecule has 0 atom stereocenters. The lowest BCUT2D eigenvalue weighted by atomic mass is 10.1. The van der Waals surface area contributed by atoms with Crippen molar-refractivity contribution < 1.29 is 4.79 Å². The zero-order chi connectivity index (χ0) is 11.1. The standard InChI is InChI=1S/C11H17N3O/c1-2-13-10-6-4-3-5-9(10)11(15)14-8-7-12/h3-6,13H,2,7-8,12H2,1H3,(H,14,15). The van der Waals surface area contributed by atoms with E-state index in [1.165, 1.54) is 0 Å². The molecule has 4 N–H and O–H groups in total. The highest BCUT2D eigenvalue weighted by Gasteiger charge is 2.08. The zero-order valence-electron chi connectivity index (χ0n) is 8.92. The van der Waals surface area contributed by atoms with Crippen molar-refractivity contribution >= 4 is 11.6 Å². The van der Waals surface area contributed by atoms with Crippen LogP contribution >= 0.6 is 0 Å². The van der Waals surface area contributed by atoms with Crippen LogP contribution < -0.4 is 16.4 Å². The second kappa shape index (κ2) is 6.03. The van der Waals surface area contributed by atoms with E-state index in [9.17, 15) is 4.79 Å². The number of para-hydroxylation sites is 1. The van der Waals surface area contributed by atoms with Gasteiger partial charge in [-0.25, -0.2) is 0 Å². The van der Waals surface area contributed by atoms with Gasteiger partial charge in [0, 0.05) is 25.3 Å². The maximum atomic E-state index is 11.7. The lowest BCUT2D eigenvalue weighted by Gasteiger charge is -2.10. The highest BCUT2D eigenvalue weighted by atomic mass is 16.1. The van der Waals surface area contributed by atoms with E-state index in [1.54, 1.807) is 6.07 Å². The van der Waals surface area contributed by atoms with Crippen molar-refractivity contribution in [3.8, 4) is 0 Å². The first kappa shape index (κ1) is 11.5. The molecule has 0 aliphatic heterocycles. The monoisotopic (exact) mass is 207 g/mol. The van der Waals surface area contributed by atoms with Gasteiger partial charge >= 0.3 is 0 Å². The normalized spacial score (nSPS) is 9.73. The van der Waals surface area contributed by atoms with Crippen LogP contribution in [0.5, 0.6) is 0 Å². The van der Waals surface area contributed by atoms with E-state index in [2.05, 4.69) is 10.6 Å². The van der Waals surface area contributed by atoms with Crippen LogP contribution in [0.3, 0.4) is 0 Å². The predicted molar refractivity (Wildman–Crippen MR) is 62.0 cm³/mol. The molecule has 0 radical (unpaired) electrons. The molecule has 0 heterocycles. The molecule has 0 unspecified atom stereocenters. The Morgan fingerprint density at radius 2 is 2.13 bits per heavy atom. The molecule has 0 spiro atoms. The molecule has 1 aromatic carbocycles. The number of benzene rings is 1. The Morgan fingerprint density at radius 3 is 2.80 bits per heavy atom. The molecule has 0 aromatic heterocycles. The highest BCUT2D eigenvalue weighted by Crippen LogP contribution is 2.14. The summed E-state index contributed by atoms with van der Waals surface area (Å²) >= 11 is 0. The lowest BCUT2D eigenvalue weighted by Crippen LogP contribution is -2.29. The topological polar surface area (TPSA) is 67.2 Å². The number of anilines is 1. The van der Waals surface area contributed by atoms with Crippen LogP contribution in [0.25, 0.3) is 0 Å². The summed E-state index contributed by atoms with van der Waals surface area (Å²) in [5.74, 6) is -0.0861. The SMILES string of the molecule is CCNc1ccccc1C(=O)NCCN. The summed E-state index contributed by atoms with van der Waals surface area (Å²) in [6.07, 6.45) is 0. The minimum Gasteiger partial charge on any atom is -0.385 e. The zero-order valence-corrected chi connectivity index (χ0v) is 8.92. The Kier molecular flexibility index (Phi) is 4.63. The Bertz CT molecular complexity index is 325. The molecule has 0 saturated carbocycles. The number of carbonyl (C=O) groups is 1. The fourth-order valence-electron chi connectivity index (χ4n) is 1.31. The lowest BCUT2D eigenvalue weighted by molar-refractivity contribution is 0.0955. The van der Waals surface area contributed by atoms with E-state index >= 15 is 0 Å². The molecule has 0 fully saturated rings. The Labute approximate surface area is 89.9 Å². The molecule has 4 nitrogen and oxygen atoms in total. The van der Waals surface area contributed by atoms with Crippen molar-refractivity contribution in [1.82, 2.24) is 5.32 Å². The second-order valence-corrected chi connectivity index (χ2v) is 3.12. The summed E-state index contributed by atoms with van der Waals surface area (Å²) in [5, 5.41) is 5.88. The summed E-state index contributed by atoms with van der Waals surface area (Å²) in [7, 11) is 0. The van der Waals surface area contributed by atoms with Crippen LogP contribution in [0.4, 0.5) is 5.69 Å². The summed E-state index contributed by atoms with van der Waals surface area (Å²) in [5.41, 5.74) is 6.84. The Morgan fingerprint density at radius 1 is 1.40 bits per heavy atom. The molecule has 4 heteroatoms. The molecule has 1 rings (SSSR count). The maximum Gasteiger partial charge on any atom is 0.253 e. The van der Waals surface area contributed by atoms with E-state index in [4.69, 9.17) is 5.73 Å². The number of amides is 1. The van der Waals surface area contributed by atoms with E-state index in [1.807, 2.05) is 25.1 Å². The van der Waals surface area contributed by atoms with Gasteiger partial charge in [-0.1, -0.05) is 12.1 Å². The van der Waals surface area contributed by atoms with Crippen molar-refractivity contribution in [3.63, 3.8) is 0 Å². The van der Waals surface area contributed by atoms with Crippen LogP contribution in [0.2, 0.25) is 0 Å². The van der Waals surface area contributed by atoms with Gasteiger partial charge in [-0.15, -0.1) is 0 Å². The van der Waals surface area contributed by atoms with Crippen LogP contribution in [0.15, 0.2) is 24.3 Å². The average Bonchev–Trinajstić information content (AvgIpc) is 2.27. The number of carbonyl (C=O) groups excluding carboxylic acids is 1. The van der Waals surface area contributed by atoms with Gasteiger partial charge in [-0.05, 0) is 19.1 Å². The number of nitrogens with one attached hydrogen (secondary N) is 2. The summed E-state index contributed by atoms with van der Waals surface area (Å²) in [4.78, 5) is 11.7. The molecule has 0 aliphatic rings. The molecule has 0 saturated heterocycles. The fraction of sp³-hybridized carbons (Fsp3) is 0.364. The molecular formula is C11H17N3O. The number of nitrogens with two attached hydrogens (primary N) is 1. The average molecular weight is 207 g/mol. The maximum absolute atomic E-state index is 11.7. The van der Waals surface area contributed by atoms with Gasteiger partial charge < -0.3 is 16.4 Å². The van der Waals surface area contributed by atoms with E-state index < -0.39 is 0 Å². The van der Waals surface area contributed by atoms with Gasteiger partial charge in [-0.2, -0.15) is 0 Å². The van der Waals surface area contributed by atoms with Gasteiger partial charge in [0.15, 0.2) is 0 Å². The molecule has 15 heavy (non-hydrogen) atoms. The smallest absolute Gasteiger partial charge is 0.253 e. The van der Waals surface area contributed by atoms with Crippen molar-refractivity contribution in [3.05, 3.63) is 29.8 Å². The van der Waals surface area contributed by atoms with Crippen molar-refractivity contribution in [2.24, 2.45) is 5.73 Å². The summed E-state index contributed by atoms with van der Waals surface area (Å²) < 4.78 is 0. The van der Waals surface area contributed by atoms with E-state index in [0.717, 1.165) is 12.2 Å². The molecule has 1 aromatic rings. The van der Waals surface area contributed by atoms with Crippen molar-refractivity contribution in [1.29, 1.82) is 0 Å². The summed E-state index contributed by atoms with van der Waals surface area (Å²) in [6, 6.07) is 7.43. The molecular weight excluding hydrogens is 190 g/mol. The van der Waals surface area contributed by atoms with Crippen molar-refractivity contribution in [2.75, 3.05) is 25.0 Å². The number of rotatable bonds is 5. The fourth-order valence-corrected chi connectivity index (χ4v) is 1.31. The Balaban J connectivity index is 2.77. The van der Waals surface area contributed by atoms with Gasteiger partial charge in [0.2, 0.25) is 0 Å². The van der Waals surface area contributed by atoms with Gasteiger partial charge in [0.25, 0.3) is 5.91 Å². The van der Waals surface area contributed by atoms with Gasteiger partial charge in [0.05, 0.1) is 5.56 Å². The Hall–Kier alpha value is -1.55. The number of hydrogen-bond donors (Lipinski definition) is 3. The van der Waals surface area contributed by atoms with Crippen LogP contribution in [-0.4, -0.2) is 25.5 Å². The predicted octanol–water partition coefficient (Wildman–Crippen LogP) is 0.807. The third-order valence-corrected chi connectivity index (χ3v) is 1.97. The highest BCUT2D eigenvalue weighted by molar-refractivity contribution is 5.99. The first-order chi connectivity index (χ1) is 7.29. The van der Waals surface area contributed by atoms with Crippen molar-refractivity contribution in [2.45, 2.75) is 6.92 Å². The first-order valence-corrected chi connectivity index (χ1v) is 5.10. The van der Waals surface area contributed by atoms with E-state index in [0.29, 0.717) is 18.7 Å². The van der Waals surface area contributed by atoms with Crippen LogP contribution in [0.1, 0.15) is 17.3 Å².